The van der Waals surface area contributed by atoms with E-state index in [1.807, 2.05) is 0 Å². The van der Waals surface area contributed by atoms with Crippen LogP contribution in [-0.2, 0) is 0 Å². The van der Waals surface area contributed by atoms with Crippen molar-refractivity contribution < 1.29 is 52.7 Å². The van der Waals surface area contributed by atoms with Gasteiger partial charge in [-0.15, -0.1) is 0 Å². The molecule has 0 bridgehead atoms. The molecule has 0 aromatic carbocycles. The van der Waals surface area contributed by atoms with Crippen LogP contribution in [0, 0.1) is 10.8 Å². The maximum atomic E-state index is 13.6. The summed E-state index contributed by atoms with van der Waals surface area (Å²) in [5.74, 6) is -39.5. The second kappa shape index (κ2) is 3.14. The molecule has 1 saturated carbocycles. The summed E-state index contributed by atoms with van der Waals surface area (Å²) < 4.78 is 160. The molecular formula is C10F12. The second-order valence-corrected chi connectivity index (χ2v) is 5.05. The fourth-order valence-electron chi connectivity index (χ4n) is 3.31. The molecule has 3 aliphatic carbocycles. The predicted octanol–water partition coefficient (Wildman–Crippen LogP) is 4.84. The van der Waals surface area contributed by atoms with E-state index in [1.165, 1.54) is 0 Å². The standard InChI is InChI=1S/C10F12/c11-1-2(12)6-5(1,9(6,19)20)7(15,16)3(13)4(14)8(17,18)10(6,21)22. The summed E-state index contributed by atoms with van der Waals surface area (Å²) in [5.41, 5.74) is -10.6. The molecule has 2 atom stereocenters. The molecule has 1 fully saturated rings. The summed E-state index contributed by atoms with van der Waals surface area (Å²) in [6.45, 7) is 0. The Kier molecular flexibility index (Phi) is 2.21. The van der Waals surface area contributed by atoms with Crippen LogP contribution in [0.4, 0.5) is 52.7 Å². The monoisotopic (exact) mass is 348 g/mol. The summed E-state index contributed by atoms with van der Waals surface area (Å²) in [6, 6.07) is 0. The Labute approximate surface area is 112 Å². The average molecular weight is 348 g/mol. The maximum absolute atomic E-state index is 13.6. The molecule has 0 saturated heterocycles. The summed E-state index contributed by atoms with van der Waals surface area (Å²) >= 11 is 0. The fourth-order valence-corrected chi connectivity index (χ4v) is 3.31. The van der Waals surface area contributed by atoms with Crippen LogP contribution >= 0.6 is 0 Å². The molecule has 3 aliphatic rings. The lowest BCUT2D eigenvalue weighted by atomic mass is 9.71. The minimum atomic E-state index is -6.54. The zero-order valence-corrected chi connectivity index (χ0v) is 9.54. The first-order valence-corrected chi connectivity index (χ1v) is 5.27. The van der Waals surface area contributed by atoms with Gasteiger partial charge in [0.1, 0.15) is 0 Å². The number of hydrogen-bond acceptors (Lipinski definition) is 0. The molecule has 0 aliphatic heterocycles. The number of allylic oxidation sites excluding steroid dienone is 4. The zero-order valence-electron chi connectivity index (χ0n) is 9.54. The van der Waals surface area contributed by atoms with Crippen molar-refractivity contribution in [2.75, 3.05) is 0 Å². The highest BCUT2D eigenvalue weighted by Gasteiger charge is 3.17. The van der Waals surface area contributed by atoms with E-state index in [0.717, 1.165) is 0 Å². The van der Waals surface area contributed by atoms with Crippen LogP contribution in [0.15, 0.2) is 23.3 Å². The van der Waals surface area contributed by atoms with Crippen molar-refractivity contribution in [3.8, 4) is 0 Å². The lowest BCUT2D eigenvalue weighted by Gasteiger charge is -2.37. The van der Waals surface area contributed by atoms with Gasteiger partial charge >= 0.3 is 17.8 Å². The number of halogens is 12. The first-order valence-electron chi connectivity index (χ1n) is 5.27. The molecule has 2 unspecified atom stereocenters. The molecule has 0 N–H and O–H groups in total. The average Bonchev–Trinajstić information content (AvgIpc) is 2.85. The molecule has 0 amide bonds. The van der Waals surface area contributed by atoms with Gasteiger partial charge in [0.05, 0.1) is 0 Å². The second-order valence-electron chi connectivity index (χ2n) is 5.05. The molecule has 0 spiro atoms. The molecule has 0 aromatic heterocycles. The molecule has 0 nitrogen and oxygen atoms in total. The van der Waals surface area contributed by atoms with Crippen LogP contribution < -0.4 is 0 Å². The van der Waals surface area contributed by atoms with Gasteiger partial charge in [-0.25, -0.2) is 26.3 Å². The van der Waals surface area contributed by atoms with Crippen LogP contribution in [0.2, 0.25) is 0 Å². The Morgan fingerprint density at radius 3 is 1.23 bits per heavy atom. The van der Waals surface area contributed by atoms with E-state index in [4.69, 9.17) is 0 Å². The van der Waals surface area contributed by atoms with Crippen molar-refractivity contribution in [1.29, 1.82) is 0 Å². The van der Waals surface area contributed by atoms with Gasteiger partial charge in [0.25, 0.3) is 5.92 Å². The molecular weight excluding hydrogens is 348 g/mol. The summed E-state index contributed by atoms with van der Waals surface area (Å²) in [4.78, 5) is 0. The highest BCUT2D eigenvalue weighted by molar-refractivity contribution is 5.65. The van der Waals surface area contributed by atoms with Gasteiger partial charge < -0.3 is 0 Å². The predicted molar refractivity (Wildman–Crippen MR) is 43.1 cm³/mol. The summed E-state index contributed by atoms with van der Waals surface area (Å²) in [6.07, 6.45) is 0. The fraction of sp³-hybridized carbons (Fsp3) is 0.600. The largest absolute Gasteiger partial charge is 0.364 e. The van der Waals surface area contributed by atoms with Gasteiger partial charge in [-0.05, 0) is 0 Å². The lowest BCUT2D eigenvalue weighted by Crippen LogP contribution is -2.55. The Bertz CT molecular complexity index is 669. The number of alkyl halides is 8. The first-order chi connectivity index (χ1) is 9.63. The highest BCUT2D eigenvalue weighted by Crippen LogP contribution is 2.98. The van der Waals surface area contributed by atoms with E-state index in [9.17, 15) is 52.7 Å². The maximum Gasteiger partial charge on any atom is 0.364 e. The van der Waals surface area contributed by atoms with Gasteiger partial charge in [-0.3, -0.25) is 0 Å². The Balaban J connectivity index is 2.50. The van der Waals surface area contributed by atoms with E-state index >= 15 is 0 Å². The minimum Gasteiger partial charge on any atom is -0.208 e. The molecule has 0 radical (unpaired) electrons. The third-order valence-electron chi connectivity index (χ3n) is 4.37. The normalized spacial score (nSPS) is 43.1. The van der Waals surface area contributed by atoms with Crippen molar-refractivity contribution in [3.63, 3.8) is 0 Å². The first kappa shape index (κ1) is 15.5. The topological polar surface area (TPSA) is 0 Å². The Morgan fingerprint density at radius 1 is 0.409 bits per heavy atom. The van der Waals surface area contributed by atoms with Crippen LogP contribution in [0.5, 0.6) is 0 Å². The zero-order chi connectivity index (χ0) is 17.3. The molecule has 12 heteroatoms. The lowest BCUT2D eigenvalue weighted by molar-refractivity contribution is -0.251. The SMILES string of the molecule is FC1=C(F)C(F)(F)C23C(F)=C(F)C2(C(F)(F)C1(F)F)C3(F)F. The molecule has 22 heavy (non-hydrogen) atoms. The quantitative estimate of drug-likeness (QED) is 0.550. The summed E-state index contributed by atoms with van der Waals surface area (Å²) in [5, 5.41) is 0. The molecule has 0 aromatic rings. The van der Waals surface area contributed by atoms with E-state index in [1.54, 1.807) is 0 Å². The van der Waals surface area contributed by atoms with Crippen LogP contribution in [0.25, 0.3) is 0 Å². The smallest absolute Gasteiger partial charge is 0.208 e. The van der Waals surface area contributed by atoms with Crippen molar-refractivity contribution >= 4 is 0 Å². The van der Waals surface area contributed by atoms with Crippen molar-refractivity contribution in [2.24, 2.45) is 10.8 Å². The van der Waals surface area contributed by atoms with Crippen molar-refractivity contribution in [2.45, 2.75) is 23.7 Å². The Morgan fingerprint density at radius 2 is 0.773 bits per heavy atom. The van der Waals surface area contributed by atoms with Gasteiger partial charge in [-0.1, -0.05) is 0 Å². The van der Waals surface area contributed by atoms with Gasteiger partial charge in [0.2, 0.25) is 11.7 Å². The van der Waals surface area contributed by atoms with E-state index in [-0.39, 0.29) is 0 Å². The number of rotatable bonds is 0. The van der Waals surface area contributed by atoms with E-state index in [2.05, 4.69) is 0 Å². The van der Waals surface area contributed by atoms with Crippen LogP contribution in [-0.4, -0.2) is 23.7 Å². The van der Waals surface area contributed by atoms with Crippen molar-refractivity contribution in [1.82, 2.24) is 0 Å². The van der Waals surface area contributed by atoms with Gasteiger partial charge in [0, 0.05) is 0 Å². The van der Waals surface area contributed by atoms with Crippen molar-refractivity contribution in [3.05, 3.63) is 23.3 Å². The molecule has 0 heterocycles. The van der Waals surface area contributed by atoms with Crippen LogP contribution in [0.1, 0.15) is 0 Å². The van der Waals surface area contributed by atoms with Gasteiger partial charge in [-0.2, -0.15) is 26.3 Å². The van der Waals surface area contributed by atoms with E-state index < -0.39 is 57.8 Å². The summed E-state index contributed by atoms with van der Waals surface area (Å²) in [7, 11) is 0. The molecule has 124 valence electrons. The van der Waals surface area contributed by atoms with E-state index in [0.29, 0.717) is 0 Å². The van der Waals surface area contributed by atoms with Gasteiger partial charge in [0.15, 0.2) is 22.5 Å². The molecule has 3 rings (SSSR count). The minimum absolute atomic E-state index is 3.21. The van der Waals surface area contributed by atoms with Crippen LogP contribution in [0.3, 0.4) is 0 Å². The highest BCUT2D eigenvalue weighted by atomic mass is 19.3. The third kappa shape index (κ3) is 0.849. The Hall–Kier alpha value is -1.36. The number of hydrogen-bond donors (Lipinski definition) is 0. The third-order valence-corrected chi connectivity index (χ3v) is 4.37.